The quantitative estimate of drug-likeness (QED) is 0.451. The monoisotopic (exact) mass is 280 g/mol. The summed E-state index contributed by atoms with van der Waals surface area (Å²) in [5.74, 6) is 0.989. The molecule has 1 aliphatic rings. The van der Waals surface area contributed by atoms with E-state index in [-0.39, 0.29) is 0 Å². The fourth-order valence-electron chi connectivity index (χ4n) is 3.24. The van der Waals surface area contributed by atoms with Gasteiger partial charge < -0.3 is 16.7 Å². The Morgan fingerprint density at radius 1 is 0.900 bits per heavy atom. The molecule has 2 atom stereocenters. The molecule has 2 unspecified atom stereocenters. The molecule has 1 fully saturated rings. The summed E-state index contributed by atoms with van der Waals surface area (Å²) in [5.41, 5.74) is 0. The maximum Gasteiger partial charge on any atom is 0.0799 e. The molecule has 0 aromatic rings. The normalized spacial score (nSPS) is 21.4. The summed E-state index contributed by atoms with van der Waals surface area (Å²) >= 11 is 0. The first-order valence-electron chi connectivity index (χ1n) is 8.89. The average molecular weight is 280 g/mol. The van der Waals surface area contributed by atoms with E-state index in [1.54, 1.807) is 0 Å². The topological polar surface area (TPSA) is 28.2 Å². The molecule has 118 valence electrons. The number of unbranched alkanes of at least 4 members (excludes halogenated alkanes) is 9. The van der Waals surface area contributed by atoms with Crippen molar-refractivity contribution in [3.63, 3.8) is 0 Å². The zero-order valence-corrected chi connectivity index (χ0v) is 13.9. The molecule has 0 radical (unpaired) electrons. The van der Waals surface area contributed by atoms with Gasteiger partial charge in [-0.1, -0.05) is 65.2 Å². The lowest BCUT2D eigenvalue weighted by Crippen LogP contribution is -3.10. The summed E-state index contributed by atoms with van der Waals surface area (Å²) in [5, 5.41) is 6.25. The third-order valence-corrected chi connectivity index (χ3v) is 4.51. The minimum atomic E-state index is 0.989. The molecule has 0 bridgehead atoms. The van der Waals surface area contributed by atoms with Crippen molar-refractivity contribution in [3.05, 3.63) is 6.57 Å². The van der Waals surface area contributed by atoms with Gasteiger partial charge in [0.1, 0.15) is 0 Å². The van der Waals surface area contributed by atoms with Crippen molar-refractivity contribution in [2.75, 3.05) is 19.6 Å². The van der Waals surface area contributed by atoms with Crippen LogP contribution >= 0.6 is 0 Å². The summed E-state index contributed by atoms with van der Waals surface area (Å²) < 4.78 is 0. The van der Waals surface area contributed by atoms with E-state index in [9.17, 15) is 0 Å². The Kier molecular flexibility index (Phi) is 14.4. The zero-order valence-electron chi connectivity index (χ0n) is 13.9. The fraction of sp³-hybridized carbons (Fsp3) is 0.944. The van der Waals surface area contributed by atoms with Gasteiger partial charge >= 0.3 is 0 Å². The van der Waals surface area contributed by atoms with E-state index in [0.717, 1.165) is 5.92 Å². The van der Waals surface area contributed by atoms with Crippen LogP contribution in [-0.2, 0) is 0 Å². The molecule has 0 spiro atoms. The third-order valence-electron chi connectivity index (χ3n) is 4.51. The number of nitrogens with one attached hydrogen (secondary N) is 1. The molecule has 0 aromatic carbocycles. The second-order valence-electron chi connectivity index (χ2n) is 6.53. The molecule has 1 saturated heterocycles. The van der Waals surface area contributed by atoms with E-state index in [0.29, 0.717) is 0 Å². The van der Waals surface area contributed by atoms with Crippen molar-refractivity contribution in [1.82, 2.24) is 0 Å². The van der Waals surface area contributed by atoms with E-state index < -0.39 is 0 Å². The van der Waals surface area contributed by atoms with Crippen LogP contribution in [0.25, 0.3) is 0 Å². The van der Waals surface area contributed by atoms with Crippen LogP contribution in [0.4, 0.5) is 0 Å². The molecule has 1 rings (SSSR count). The molecule has 2 heteroatoms. The van der Waals surface area contributed by atoms with Crippen LogP contribution < -0.4 is 4.90 Å². The van der Waals surface area contributed by atoms with Gasteiger partial charge in [-0.25, -0.2) is 0 Å². The highest BCUT2D eigenvalue weighted by Crippen LogP contribution is 2.10. The largest absolute Gasteiger partial charge is 0.512 e. The van der Waals surface area contributed by atoms with E-state index in [4.69, 9.17) is 11.8 Å². The smallest absolute Gasteiger partial charge is 0.0799 e. The molecular formula is C18H36N2. The zero-order chi connectivity index (χ0) is 15.1. The van der Waals surface area contributed by atoms with Gasteiger partial charge in [0.25, 0.3) is 0 Å². The molecule has 2 nitrogen and oxygen atoms in total. The lowest BCUT2D eigenvalue weighted by molar-refractivity contribution is -0.889. The Bertz CT molecular complexity index is 213. The van der Waals surface area contributed by atoms with Crippen LogP contribution in [0.1, 0.15) is 84.5 Å². The molecule has 20 heavy (non-hydrogen) atoms. The molecule has 1 N–H and O–H groups in total. The summed E-state index contributed by atoms with van der Waals surface area (Å²) in [6, 6.07) is 0. The van der Waals surface area contributed by atoms with Gasteiger partial charge in [-0.2, -0.15) is 0 Å². The van der Waals surface area contributed by atoms with Crippen molar-refractivity contribution in [2.45, 2.75) is 84.5 Å². The molecule has 1 heterocycles. The Hall–Kier alpha value is -0.550. The van der Waals surface area contributed by atoms with Gasteiger partial charge in [0.15, 0.2) is 0 Å². The Morgan fingerprint density at radius 2 is 1.40 bits per heavy atom. The van der Waals surface area contributed by atoms with Gasteiger partial charge in [-0.05, 0) is 12.8 Å². The van der Waals surface area contributed by atoms with E-state index in [2.05, 4.69) is 13.8 Å². The molecule has 0 aromatic heterocycles. The van der Waals surface area contributed by atoms with Gasteiger partial charge in [0.05, 0.1) is 19.6 Å². The summed E-state index contributed by atoms with van der Waals surface area (Å²) in [6.45, 7) is 13.8. The van der Waals surface area contributed by atoms with Crippen molar-refractivity contribution in [3.8, 4) is 0 Å². The maximum atomic E-state index is 6.25. The summed E-state index contributed by atoms with van der Waals surface area (Å²) in [4.78, 5) is 1.88. The minimum absolute atomic E-state index is 0.989. The van der Waals surface area contributed by atoms with Crippen molar-refractivity contribution < 1.29 is 4.90 Å². The minimum Gasteiger partial charge on any atom is -0.512 e. The maximum absolute atomic E-state index is 6.25. The van der Waals surface area contributed by atoms with Gasteiger partial charge in [0, 0.05) is 12.3 Å². The Morgan fingerprint density at radius 3 is 1.85 bits per heavy atom. The van der Waals surface area contributed by atoms with Gasteiger partial charge in [0.2, 0.25) is 0 Å². The second kappa shape index (κ2) is 14.9. The first kappa shape index (κ1) is 19.4. The van der Waals surface area contributed by atoms with E-state index in [1.165, 1.54) is 90.3 Å². The summed E-state index contributed by atoms with van der Waals surface area (Å²) in [7, 11) is 0. The van der Waals surface area contributed by atoms with Crippen LogP contribution in [0.5, 0.6) is 0 Å². The standard InChI is InChI=1S/C17H35N.CN/c1-3-4-5-6-7-8-9-10-11-12-14-18-15-13-17(2)16-18;1-2/h17H,3-16H2,1-2H3;/q;-1/p+1. The molecule has 1 aliphatic heterocycles. The van der Waals surface area contributed by atoms with E-state index >= 15 is 0 Å². The lowest BCUT2D eigenvalue weighted by Gasteiger charge is -2.12. The third kappa shape index (κ3) is 11.3. The molecular weight excluding hydrogens is 244 g/mol. The SMILES string of the molecule is CCCCCCCCCCCC[NH+]1CCC(C)C1.[C-]#N. The predicted octanol–water partition coefficient (Wildman–Crippen LogP) is 3.93. The number of rotatable bonds is 11. The van der Waals surface area contributed by atoms with Crippen molar-refractivity contribution in [1.29, 1.82) is 5.26 Å². The van der Waals surface area contributed by atoms with E-state index in [1.807, 2.05) is 4.90 Å². The molecule has 0 saturated carbocycles. The van der Waals surface area contributed by atoms with Crippen LogP contribution in [0.2, 0.25) is 0 Å². The lowest BCUT2D eigenvalue weighted by atomic mass is 10.1. The number of hydrogen-bond donors (Lipinski definition) is 1. The number of likely N-dealkylation sites (tertiary alicyclic amines) is 1. The number of quaternary nitrogens is 1. The molecule has 0 aliphatic carbocycles. The highest BCUT2D eigenvalue weighted by Gasteiger charge is 2.21. The number of nitrogens with zero attached hydrogens (tertiary/aromatic N) is 1. The van der Waals surface area contributed by atoms with Crippen LogP contribution in [0.3, 0.4) is 0 Å². The average Bonchev–Trinajstić information content (AvgIpc) is 2.89. The first-order valence-corrected chi connectivity index (χ1v) is 8.89. The van der Waals surface area contributed by atoms with Crippen LogP contribution in [0.15, 0.2) is 0 Å². The number of hydrogen-bond acceptors (Lipinski definition) is 1. The van der Waals surface area contributed by atoms with Crippen LogP contribution in [-0.4, -0.2) is 19.6 Å². The predicted molar refractivity (Wildman–Crippen MR) is 86.2 cm³/mol. The van der Waals surface area contributed by atoms with Gasteiger partial charge in [-0.3, -0.25) is 0 Å². The van der Waals surface area contributed by atoms with Crippen LogP contribution in [0, 0.1) is 17.8 Å². The summed E-state index contributed by atoms with van der Waals surface area (Å²) in [6.07, 6.45) is 16.1. The fourth-order valence-corrected chi connectivity index (χ4v) is 3.24. The van der Waals surface area contributed by atoms with Crippen molar-refractivity contribution >= 4 is 0 Å². The second-order valence-corrected chi connectivity index (χ2v) is 6.53. The highest BCUT2D eigenvalue weighted by molar-refractivity contribution is 4.55. The first-order chi connectivity index (χ1) is 9.83. The molecule has 0 amide bonds. The van der Waals surface area contributed by atoms with Crippen molar-refractivity contribution in [2.24, 2.45) is 5.92 Å². The highest BCUT2D eigenvalue weighted by atomic mass is 15.1. The Labute approximate surface area is 127 Å². The van der Waals surface area contributed by atoms with Gasteiger partial charge in [-0.15, -0.1) is 0 Å². The Balaban J connectivity index is 0.00000172.